The number of hydrogen-bond acceptors (Lipinski definition) is 4. The first kappa shape index (κ1) is 14.7. The van der Waals surface area contributed by atoms with Crippen LogP contribution in [0.5, 0.6) is 0 Å². The zero-order chi connectivity index (χ0) is 16.2. The maximum Gasteiger partial charge on any atom is 0.246 e. The maximum absolute atomic E-state index is 12.2. The molecule has 0 aliphatic carbocycles. The van der Waals surface area contributed by atoms with E-state index in [9.17, 15) is 9.59 Å². The number of carbonyl (C=O) groups excluding carboxylic acids is 2. The Labute approximate surface area is 132 Å². The monoisotopic (exact) mass is 309 g/mol. The van der Waals surface area contributed by atoms with Gasteiger partial charge in [0.05, 0.1) is 5.52 Å². The Morgan fingerprint density at radius 1 is 1.04 bits per heavy atom. The molecule has 0 bridgehead atoms. The Morgan fingerprint density at radius 2 is 1.78 bits per heavy atom. The van der Waals surface area contributed by atoms with E-state index < -0.39 is 0 Å². The molecule has 0 atom stereocenters. The van der Waals surface area contributed by atoms with Crippen molar-refractivity contribution in [2.75, 3.05) is 10.6 Å². The van der Waals surface area contributed by atoms with Crippen molar-refractivity contribution in [2.45, 2.75) is 13.5 Å². The molecule has 0 spiro atoms. The van der Waals surface area contributed by atoms with Gasteiger partial charge < -0.3 is 10.6 Å². The maximum atomic E-state index is 12.2. The molecule has 116 valence electrons. The SMILES string of the molecule is CC(=O)Nc1cccc(NC(=O)Cn2nnc3ccccc32)c1. The molecule has 2 N–H and O–H groups in total. The highest BCUT2D eigenvalue weighted by Gasteiger charge is 2.09. The number of benzene rings is 2. The second kappa shape index (κ2) is 6.27. The molecule has 2 aromatic carbocycles. The largest absolute Gasteiger partial charge is 0.326 e. The first-order chi connectivity index (χ1) is 11.1. The average molecular weight is 309 g/mol. The Bertz CT molecular complexity index is 872. The summed E-state index contributed by atoms with van der Waals surface area (Å²) in [5.41, 5.74) is 2.77. The second-order valence-corrected chi connectivity index (χ2v) is 5.05. The van der Waals surface area contributed by atoms with Gasteiger partial charge in [0.25, 0.3) is 0 Å². The van der Waals surface area contributed by atoms with Gasteiger partial charge in [-0.3, -0.25) is 9.59 Å². The van der Waals surface area contributed by atoms with Crippen LogP contribution >= 0.6 is 0 Å². The minimum atomic E-state index is -0.222. The molecule has 7 nitrogen and oxygen atoms in total. The molecule has 7 heteroatoms. The smallest absolute Gasteiger partial charge is 0.246 e. The molecule has 0 saturated carbocycles. The number of hydrogen-bond donors (Lipinski definition) is 2. The van der Waals surface area contributed by atoms with Crippen LogP contribution in [0.2, 0.25) is 0 Å². The molecule has 0 aliphatic heterocycles. The van der Waals surface area contributed by atoms with Crippen molar-refractivity contribution in [1.29, 1.82) is 0 Å². The highest BCUT2D eigenvalue weighted by molar-refractivity contribution is 5.93. The Balaban J connectivity index is 1.71. The molecule has 3 rings (SSSR count). The molecule has 3 aromatic rings. The summed E-state index contributed by atoms with van der Waals surface area (Å²) in [5, 5.41) is 13.4. The molecule has 0 fully saturated rings. The van der Waals surface area contributed by atoms with Crippen molar-refractivity contribution in [3.05, 3.63) is 48.5 Å². The summed E-state index contributed by atoms with van der Waals surface area (Å²) < 4.78 is 1.54. The summed E-state index contributed by atoms with van der Waals surface area (Å²) in [4.78, 5) is 23.2. The van der Waals surface area contributed by atoms with Gasteiger partial charge in [0.15, 0.2) is 0 Å². The highest BCUT2D eigenvalue weighted by Crippen LogP contribution is 2.15. The molecular formula is C16H15N5O2. The Morgan fingerprint density at radius 3 is 2.57 bits per heavy atom. The minimum Gasteiger partial charge on any atom is -0.326 e. The number of rotatable bonds is 4. The van der Waals surface area contributed by atoms with Crippen molar-refractivity contribution in [1.82, 2.24) is 15.0 Å². The van der Waals surface area contributed by atoms with E-state index in [1.807, 2.05) is 24.3 Å². The van der Waals surface area contributed by atoms with E-state index in [-0.39, 0.29) is 18.4 Å². The third-order valence-corrected chi connectivity index (χ3v) is 3.18. The van der Waals surface area contributed by atoms with E-state index in [0.29, 0.717) is 11.4 Å². The van der Waals surface area contributed by atoms with Crippen LogP contribution in [-0.2, 0) is 16.1 Å². The van der Waals surface area contributed by atoms with E-state index in [1.54, 1.807) is 28.9 Å². The predicted octanol–water partition coefficient (Wildman–Crippen LogP) is 2.03. The predicted molar refractivity (Wildman–Crippen MR) is 86.9 cm³/mol. The van der Waals surface area contributed by atoms with Gasteiger partial charge >= 0.3 is 0 Å². The van der Waals surface area contributed by atoms with Crippen molar-refractivity contribution < 1.29 is 9.59 Å². The van der Waals surface area contributed by atoms with Gasteiger partial charge in [-0.25, -0.2) is 4.68 Å². The van der Waals surface area contributed by atoms with Gasteiger partial charge in [-0.05, 0) is 30.3 Å². The first-order valence-corrected chi connectivity index (χ1v) is 7.07. The first-order valence-electron chi connectivity index (χ1n) is 7.07. The number of carbonyl (C=O) groups is 2. The third-order valence-electron chi connectivity index (χ3n) is 3.18. The lowest BCUT2D eigenvalue weighted by molar-refractivity contribution is -0.117. The number of anilines is 2. The van der Waals surface area contributed by atoms with Crippen molar-refractivity contribution in [3.8, 4) is 0 Å². The van der Waals surface area contributed by atoms with Crippen molar-refractivity contribution >= 4 is 34.2 Å². The van der Waals surface area contributed by atoms with Crippen LogP contribution in [0.3, 0.4) is 0 Å². The van der Waals surface area contributed by atoms with Crippen LogP contribution < -0.4 is 10.6 Å². The molecule has 0 aliphatic rings. The lowest BCUT2D eigenvalue weighted by Crippen LogP contribution is -2.19. The average Bonchev–Trinajstić information content (AvgIpc) is 2.90. The molecular weight excluding hydrogens is 294 g/mol. The zero-order valence-electron chi connectivity index (χ0n) is 12.5. The summed E-state index contributed by atoms with van der Waals surface area (Å²) in [6, 6.07) is 14.4. The standard InChI is InChI=1S/C16H15N5O2/c1-11(22)17-12-5-4-6-13(9-12)18-16(23)10-21-15-8-3-2-7-14(15)19-20-21/h2-9H,10H2,1H3,(H,17,22)(H,18,23). The number of amides is 2. The van der Waals surface area contributed by atoms with Gasteiger partial charge in [-0.15, -0.1) is 5.10 Å². The molecule has 0 saturated heterocycles. The number of fused-ring (bicyclic) bond motifs is 1. The quantitative estimate of drug-likeness (QED) is 0.771. The molecule has 0 unspecified atom stereocenters. The summed E-state index contributed by atoms with van der Waals surface area (Å²) in [5.74, 6) is -0.386. The highest BCUT2D eigenvalue weighted by atomic mass is 16.2. The van der Waals surface area contributed by atoms with E-state index in [1.165, 1.54) is 6.92 Å². The van der Waals surface area contributed by atoms with Gasteiger partial charge in [-0.2, -0.15) is 0 Å². The third kappa shape index (κ3) is 3.52. The lowest BCUT2D eigenvalue weighted by atomic mass is 10.2. The van der Waals surface area contributed by atoms with Gasteiger partial charge in [-0.1, -0.05) is 23.4 Å². The van der Waals surface area contributed by atoms with Gasteiger partial charge in [0.2, 0.25) is 11.8 Å². The van der Waals surface area contributed by atoms with Gasteiger partial charge in [0, 0.05) is 18.3 Å². The van der Waals surface area contributed by atoms with Crippen LogP contribution in [0, 0.1) is 0 Å². The zero-order valence-corrected chi connectivity index (χ0v) is 12.5. The van der Waals surface area contributed by atoms with Crippen LogP contribution in [-0.4, -0.2) is 26.8 Å². The number of aromatic nitrogens is 3. The lowest BCUT2D eigenvalue weighted by Gasteiger charge is -2.08. The fraction of sp³-hybridized carbons (Fsp3) is 0.125. The second-order valence-electron chi connectivity index (χ2n) is 5.05. The number of para-hydroxylation sites is 1. The Hall–Kier alpha value is -3.22. The van der Waals surface area contributed by atoms with Crippen LogP contribution in [0.15, 0.2) is 48.5 Å². The molecule has 2 amide bonds. The van der Waals surface area contributed by atoms with Crippen LogP contribution in [0.4, 0.5) is 11.4 Å². The molecule has 1 aromatic heterocycles. The topological polar surface area (TPSA) is 88.9 Å². The minimum absolute atomic E-state index is 0.0604. The fourth-order valence-electron chi connectivity index (χ4n) is 2.25. The normalized spacial score (nSPS) is 10.5. The number of nitrogens with one attached hydrogen (secondary N) is 2. The molecule has 23 heavy (non-hydrogen) atoms. The van der Waals surface area contributed by atoms with Crippen LogP contribution in [0.25, 0.3) is 11.0 Å². The summed E-state index contributed by atoms with van der Waals surface area (Å²) in [6.07, 6.45) is 0. The van der Waals surface area contributed by atoms with E-state index in [2.05, 4.69) is 20.9 Å². The van der Waals surface area contributed by atoms with Gasteiger partial charge in [0.1, 0.15) is 12.1 Å². The molecule has 1 heterocycles. The Kier molecular flexibility index (Phi) is 4.01. The summed E-state index contributed by atoms with van der Waals surface area (Å²) >= 11 is 0. The van der Waals surface area contributed by atoms with Crippen LogP contribution in [0.1, 0.15) is 6.92 Å². The van der Waals surface area contributed by atoms with Crippen molar-refractivity contribution in [2.24, 2.45) is 0 Å². The number of nitrogens with zero attached hydrogens (tertiary/aromatic N) is 3. The van der Waals surface area contributed by atoms with E-state index in [4.69, 9.17) is 0 Å². The van der Waals surface area contributed by atoms with E-state index in [0.717, 1.165) is 11.0 Å². The molecule has 0 radical (unpaired) electrons. The fourth-order valence-corrected chi connectivity index (χ4v) is 2.25. The summed E-state index contributed by atoms with van der Waals surface area (Å²) in [6.45, 7) is 1.49. The van der Waals surface area contributed by atoms with E-state index >= 15 is 0 Å². The van der Waals surface area contributed by atoms with Crippen molar-refractivity contribution in [3.63, 3.8) is 0 Å². The summed E-state index contributed by atoms with van der Waals surface area (Å²) in [7, 11) is 0.